The standard InChI is InChI=1S/C26H32N2O6.3O.2V/c1-15(2)11-21(25(31)32)27-13-17-7-5-9-19(23(17)29)20-10-6-8-18(24(20)30)14-28-22(26(33)34)12-16(3)4;;;;;/h5-10,13-16,21-22,27-28H,11-12H2,1-4H3,(H,31,32)(H,33,34);;;;;/b17-13-,18-14-;;;;;/t21-,22-;;;;;/m0...../s1. The molecule has 0 bridgehead atoms. The molecule has 0 heterocycles. The Morgan fingerprint density at radius 1 is 0.795 bits per heavy atom. The van der Waals surface area contributed by atoms with Crippen LogP contribution >= 0.6 is 0 Å². The van der Waals surface area contributed by atoms with Gasteiger partial charge in [-0.3, -0.25) is 9.59 Å². The van der Waals surface area contributed by atoms with E-state index < -0.39 is 68.8 Å². The number of nitrogens with one attached hydrogen (secondary N) is 2. The van der Waals surface area contributed by atoms with E-state index >= 15 is 0 Å². The van der Waals surface area contributed by atoms with Gasteiger partial charge < -0.3 is 20.8 Å². The minimum absolute atomic E-state index is 0.150. The molecule has 13 heteroatoms. The van der Waals surface area contributed by atoms with Crippen molar-refractivity contribution in [3.8, 4) is 0 Å². The molecule has 0 aromatic rings. The summed E-state index contributed by atoms with van der Waals surface area (Å²) in [6, 6.07) is -1.68. The van der Waals surface area contributed by atoms with Crippen molar-refractivity contribution in [2.75, 3.05) is 0 Å². The summed E-state index contributed by atoms with van der Waals surface area (Å²) in [7, 11) is 0. The molecule has 39 heavy (non-hydrogen) atoms. The van der Waals surface area contributed by atoms with E-state index in [0.717, 1.165) is 0 Å². The zero-order chi connectivity index (χ0) is 29.5. The van der Waals surface area contributed by atoms with Crippen molar-refractivity contribution >= 4 is 23.5 Å². The molecule has 0 fully saturated rings. The summed E-state index contributed by atoms with van der Waals surface area (Å²) in [5.74, 6) is -2.54. The second kappa shape index (κ2) is 17.6. The molecule has 0 radical (unpaired) electrons. The fourth-order valence-corrected chi connectivity index (χ4v) is 3.80. The third-order valence-corrected chi connectivity index (χ3v) is 6.40. The van der Waals surface area contributed by atoms with E-state index in [1.165, 1.54) is 24.6 Å². The van der Waals surface area contributed by atoms with Crippen molar-refractivity contribution in [3.63, 3.8) is 0 Å². The number of rotatable bonds is 13. The molecule has 210 valence electrons. The number of aliphatic carboxylic acids is 2. The number of carbonyl (C=O) groups is 4. The van der Waals surface area contributed by atoms with Gasteiger partial charge in [-0.15, -0.1) is 0 Å². The first-order valence-electron chi connectivity index (χ1n) is 12.0. The third kappa shape index (κ3) is 11.8. The quantitative estimate of drug-likeness (QED) is 0.223. The monoisotopic (exact) mass is 618 g/mol. The molecule has 0 aliphatic heterocycles. The molecule has 0 aromatic heterocycles. The summed E-state index contributed by atoms with van der Waals surface area (Å²) >= 11 is -2.61. The molecule has 0 aromatic carbocycles. The topological polar surface area (TPSA) is 176 Å². The first-order chi connectivity index (χ1) is 18.4. The summed E-state index contributed by atoms with van der Waals surface area (Å²) in [6.07, 6.45) is 13.0. The van der Waals surface area contributed by atoms with Gasteiger partial charge in [-0.25, -0.2) is 9.59 Å². The molecule has 4 N–H and O–H groups in total. The molecule has 11 nitrogen and oxygen atoms in total. The van der Waals surface area contributed by atoms with Crippen molar-refractivity contribution in [1.82, 2.24) is 10.6 Å². The number of allylic oxidation sites excluding steroid dienone is 10. The Morgan fingerprint density at radius 2 is 1.15 bits per heavy atom. The molecule has 2 atom stereocenters. The van der Waals surface area contributed by atoms with Gasteiger partial charge in [-0.1, -0.05) is 52.0 Å². The van der Waals surface area contributed by atoms with Crippen molar-refractivity contribution in [2.24, 2.45) is 11.8 Å². The second-order valence-corrected chi connectivity index (χ2v) is 11.1. The van der Waals surface area contributed by atoms with Crippen molar-refractivity contribution < 1.29 is 72.5 Å². The van der Waals surface area contributed by atoms with Crippen LogP contribution in [0.5, 0.6) is 0 Å². The van der Waals surface area contributed by atoms with Crippen LogP contribution in [-0.2, 0) is 62.3 Å². The van der Waals surface area contributed by atoms with Crippen LogP contribution in [0.3, 0.4) is 0 Å². The van der Waals surface area contributed by atoms with Crippen LogP contribution in [-0.4, -0.2) is 45.8 Å². The Hall–Kier alpha value is -2.95. The summed E-state index contributed by atoms with van der Waals surface area (Å²) in [4.78, 5) is 49.1. The molecule has 0 amide bonds. The van der Waals surface area contributed by atoms with Gasteiger partial charge in [0.05, 0.1) is 0 Å². The van der Waals surface area contributed by atoms with E-state index in [0.29, 0.717) is 12.8 Å². The molecule has 0 spiro atoms. The maximum absolute atomic E-state index is 13.1. The van der Waals surface area contributed by atoms with Gasteiger partial charge in [0.1, 0.15) is 12.1 Å². The Bertz CT molecular complexity index is 1060. The number of ketones is 2. The van der Waals surface area contributed by atoms with Gasteiger partial charge in [0.25, 0.3) is 0 Å². The average molecular weight is 618 g/mol. The number of carbonyl (C=O) groups excluding carboxylic acids is 2. The summed E-state index contributed by atoms with van der Waals surface area (Å²) in [5.41, 5.74) is 0.844. The van der Waals surface area contributed by atoms with Gasteiger partial charge in [0.2, 0.25) is 0 Å². The van der Waals surface area contributed by atoms with E-state index in [9.17, 15) is 36.7 Å². The van der Waals surface area contributed by atoms with Crippen LogP contribution in [0.2, 0.25) is 0 Å². The molecule has 2 rings (SSSR count). The number of carboxylic acid groups (broad SMARTS) is 2. The summed E-state index contributed by atoms with van der Waals surface area (Å²) < 4.78 is 22.4. The zero-order valence-corrected chi connectivity index (χ0v) is 24.8. The number of hydrogen-bond donors (Lipinski definition) is 4. The van der Waals surface area contributed by atoms with Gasteiger partial charge in [0.15, 0.2) is 11.6 Å². The Labute approximate surface area is 241 Å². The predicted octanol–water partition coefficient (Wildman–Crippen LogP) is 2.75. The van der Waals surface area contributed by atoms with Gasteiger partial charge in [0, 0.05) is 34.7 Å². The predicted molar refractivity (Wildman–Crippen MR) is 131 cm³/mol. The minimum atomic E-state index is -1.30. The van der Waals surface area contributed by atoms with E-state index in [2.05, 4.69) is 13.2 Å². The van der Waals surface area contributed by atoms with E-state index in [-0.39, 0.29) is 34.1 Å². The fraction of sp³-hybridized carbons (Fsp3) is 0.385. The maximum atomic E-state index is 13.1. The summed E-state index contributed by atoms with van der Waals surface area (Å²) in [6.45, 7) is 7.64. The van der Waals surface area contributed by atoms with Gasteiger partial charge >= 0.3 is 55.0 Å². The third-order valence-electron chi connectivity index (χ3n) is 5.34. The van der Waals surface area contributed by atoms with Crippen LogP contribution in [0.1, 0.15) is 40.5 Å². The summed E-state index contributed by atoms with van der Waals surface area (Å²) in [5, 5.41) is 24.4. The van der Waals surface area contributed by atoms with Gasteiger partial charge in [-0.2, -0.15) is 0 Å². The first-order valence-corrected chi connectivity index (χ1v) is 14.3. The number of Topliss-reactive ketones (excluding diaryl/α,β-unsaturated/α-hetero) is 2. The van der Waals surface area contributed by atoms with E-state index in [1.54, 1.807) is 24.3 Å². The Kier molecular flexibility index (Phi) is 15.4. The van der Waals surface area contributed by atoms with E-state index in [1.807, 2.05) is 27.7 Å². The van der Waals surface area contributed by atoms with Crippen LogP contribution in [0.25, 0.3) is 0 Å². The molecular weight excluding hydrogens is 586 g/mol. The van der Waals surface area contributed by atoms with Crippen LogP contribution in [0.15, 0.2) is 71.1 Å². The molecular formula is C26H32N2O9V2. The van der Waals surface area contributed by atoms with Crippen molar-refractivity contribution in [1.29, 1.82) is 0 Å². The SMILES string of the molecule is CC(C)C[C@H](N/C=C1/C=CC=C(C2=CC=C/C(=C/N[C@@H](CC(C)C)C(=O)O)C2=O)C1=O)C(=O)O.[O]=[V][O][V]=[O]. The Balaban J connectivity index is 0.00000139. The van der Waals surface area contributed by atoms with E-state index in [4.69, 9.17) is 0 Å². The molecule has 2 aliphatic carbocycles. The normalized spacial score (nSPS) is 18.2. The number of carboxylic acids is 2. The first kappa shape index (κ1) is 34.1. The van der Waals surface area contributed by atoms with Crippen LogP contribution in [0.4, 0.5) is 0 Å². The number of hydrogen-bond acceptors (Lipinski definition) is 9. The molecule has 0 unspecified atom stereocenters. The van der Waals surface area contributed by atoms with Crippen LogP contribution in [0, 0.1) is 11.8 Å². The molecule has 0 saturated carbocycles. The van der Waals surface area contributed by atoms with Crippen molar-refractivity contribution in [2.45, 2.75) is 52.6 Å². The molecule has 0 saturated heterocycles. The zero-order valence-electron chi connectivity index (χ0n) is 22.0. The van der Waals surface area contributed by atoms with Crippen molar-refractivity contribution in [3.05, 3.63) is 71.1 Å². The van der Waals surface area contributed by atoms with Gasteiger partial charge in [-0.05, 0) is 36.8 Å². The van der Waals surface area contributed by atoms with Crippen LogP contribution < -0.4 is 10.6 Å². The fourth-order valence-electron chi connectivity index (χ4n) is 3.58. The molecule has 2 aliphatic rings. The Morgan fingerprint density at radius 3 is 1.41 bits per heavy atom. The second-order valence-electron chi connectivity index (χ2n) is 9.34. The average Bonchev–Trinajstić information content (AvgIpc) is 2.86.